The Bertz CT molecular complexity index is 1020. The standard InChI is InChI=1S/C26H29F4N3O/c27-24-13-10-21(18-23(24)26(28,29)30)31-25(34)33(17-16-32-14-4-5-15-32)22-11-8-20(9-12-22)19-6-2-1-3-7-19/h1-3,6-8,10,13,18,22H,4-5,9,11-12,14-17H2,(H,31,34). The van der Waals surface area contributed by atoms with E-state index in [0.717, 1.165) is 57.5 Å². The fourth-order valence-corrected chi connectivity index (χ4v) is 4.74. The summed E-state index contributed by atoms with van der Waals surface area (Å²) in [6.45, 7) is 3.19. The van der Waals surface area contributed by atoms with Crippen LogP contribution in [0.25, 0.3) is 5.57 Å². The zero-order chi connectivity index (χ0) is 24.1. The molecule has 1 N–H and O–H groups in total. The lowest BCUT2D eigenvalue weighted by molar-refractivity contribution is -0.139. The minimum absolute atomic E-state index is 0.0578. The summed E-state index contributed by atoms with van der Waals surface area (Å²) in [5, 5.41) is 2.58. The first-order chi connectivity index (χ1) is 16.3. The average Bonchev–Trinajstić information content (AvgIpc) is 3.34. The van der Waals surface area contributed by atoms with Crippen LogP contribution in [-0.4, -0.2) is 48.1 Å². The number of hydrogen-bond acceptors (Lipinski definition) is 2. The first-order valence-electron chi connectivity index (χ1n) is 11.7. The number of allylic oxidation sites excluding steroid dienone is 1. The number of benzene rings is 2. The van der Waals surface area contributed by atoms with Gasteiger partial charge in [-0.15, -0.1) is 0 Å². The Balaban J connectivity index is 1.49. The van der Waals surface area contributed by atoms with Crippen LogP contribution in [0.2, 0.25) is 0 Å². The molecule has 1 aliphatic heterocycles. The predicted molar refractivity (Wildman–Crippen MR) is 125 cm³/mol. The molecule has 0 aromatic heterocycles. The second-order valence-corrected chi connectivity index (χ2v) is 8.89. The minimum Gasteiger partial charge on any atom is -0.320 e. The largest absolute Gasteiger partial charge is 0.419 e. The number of urea groups is 1. The van der Waals surface area contributed by atoms with Crippen molar-refractivity contribution in [3.05, 3.63) is 71.6 Å². The zero-order valence-electron chi connectivity index (χ0n) is 19.0. The van der Waals surface area contributed by atoms with Crippen molar-refractivity contribution in [2.75, 3.05) is 31.5 Å². The van der Waals surface area contributed by atoms with E-state index in [-0.39, 0.29) is 11.7 Å². The molecule has 4 nitrogen and oxygen atoms in total. The summed E-state index contributed by atoms with van der Waals surface area (Å²) in [6, 6.07) is 12.1. The lowest BCUT2D eigenvalue weighted by Crippen LogP contribution is -2.47. The number of halogens is 4. The summed E-state index contributed by atoms with van der Waals surface area (Å²) in [7, 11) is 0. The van der Waals surface area contributed by atoms with Crippen LogP contribution in [0.1, 0.15) is 43.2 Å². The fraction of sp³-hybridized carbons (Fsp3) is 0.423. The molecule has 0 spiro atoms. The molecule has 1 aliphatic carbocycles. The minimum atomic E-state index is -4.83. The van der Waals surface area contributed by atoms with Gasteiger partial charge in [0.05, 0.1) is 5.56 Å². The van der Waals surface area contributed by atoms with Crippen molar-refractivity contribution >= 4 is 17.3 Å². The molecule has 1 unspecified atom stereocenters. The van der Waals surface area contributed by atoms with E-state index in [0.29, 0.717) is 19.0 Å². The van der Waals surface area contributed by atoms with Crippen molar-refractivity contribution in [3.63, 3.8) is 0 Å². The maximum absolute atomic E-state index is 13.7. The van der Waals surface area contributed by atoms with Crippen LogP contribution in [0.5, 0.6) is 0 Å². The zero-order valence-corrected chi connectivity index (χ0v) is 19.0. The molecule has 2 aromatic rings. The van der Waals surface area contributed by atoms with Crippen molar-refractivity contribution in [3.8, 4) is 0 Å². The first kappa shape index (κ1) is 24.3. The number of nitrogens with zero attached hydrogens (tertiary/aromatic N) is 2. The third-order valence-electron chi connectivity index (χ3n) is 6.61. The summed E-state index contributed by atoms with van der Waals surface area (Å²) in [6.07, 6.45) is 1.85. The molecule has 8 heteroatoms. The molecule has 1 fully saturated rings. The average molecular weight is 476 g/mol. The number of hydrogen-bond donors (Lipinski definition) is 1. The SMILES string of the molecule is O=C(Nc1ccc(F)c(C(F)(F)F)c1)N(CCN1CCCC1)C1CC=C(c2ccccc2)CC1. The summed E-state index contributed by atoms with van der Waals surface area (Å²) < 4.78 is 53.0. The quantitative estimate of drug-likeness (QED) is 0.490. The molecular weight excluding hydrogens is 446 g/mol. The van der Waals surface area contributed by atoms with Crippen LogP contribution in [0.3, 0.4) is 0 Å². The highest BCUT2D eigenvalue weighted by Crippen LogP contribution is 2.33. The van der Waals surface area contributed by atoms with Gasteiger partial charge >= 0.3 is 12.2 Å². The van der Waals surface area contributed by atoms with Crippen molar-refractivity contribution < 1.29 is 22.4 Å². The van der Waals surface area contributed by atoms with Gasteiger partial charge in [0.1, 0.15) is 5.82 Å². The van der Waals surface area contributed by atoms with Crippen molar-refractivity contribution in [2.45, 2.75) is 44.3 Å². The van der Waals surface area contributed by atoms with E-state index in [9.17, 15) is 22.4 Å². The molecule has 1 atom stereocenters. The van der Waals surface area contributed by atoms with Gasteiger partial charge in [0, 0.05) is 24.8 Å². The molecule has 0 saturated carbocycles. The van der Waals surface area contributed by atoms with Gasteiger partial charge < -0.3 is 15.1 Å². The first-order valence-corrected chi connectivity index (χ1v) is 11.7. The Morgan fingerprint density at radius 1 is 1.09 bits per heavy atom. The van der Waals surface area contributed by atoms with E-state index in [1.807, 2.05) is 18.2 Å². The number of rotatable bonds is 6. The van der Waals surface area contributed by atoms with Crippen LogP contribution < -0.4 is 5.32 Å². The van der Waals surface area contributed by atoms with Crippen molar-refractivity contribution in [1.82, 2.24) is 9.80 Å². The second kappa shape index (κ2) is 10.6. The summed E-state index contributed by atoms with van der Waals surface area (Å²) in [4.78, 5) is 17.2. The number of amides is 2. The molecule has 1 heterocycles. The number of anilines is 1. The van der Waals surface area contributed by atoms with Crippen LogP contribution in [0.15, 0.2) is 54.6 Å². The lowest BCUT2D eigenvalue weighted by atomic mass is 9.90. The van der Waals surface area contributed by atoms with Gasteiger partial charge in [-0.1, -0.05) is 36.4 Å². The molecule has 2 amide bonds. The Kier molecular flexibility index (Phi) is 7.56. The molecule has 1 saturated heterocycles. The number of carbonyl (C=O) groups is 1. The molecule has 182 valence electrons. The molecule has 2 aromatic carbocycles. The maximum Gasteiger partial charge on any atom is 0.419 e. The van der Waals surface area contributed by atoms with Gasteiger partial charge in [-0.2, -0.15) is 13.2 Å². The molecule has 4 rings (SSSR count). The summed E-state index contributed by atoms with van der Waals surface area (Å²) in [5.74, 6) is -1.36. The van der Waals surface area contributed by atoms with Gasteiger partial charge in [-0.05, 0) is 74.5 Å². The number of carbonyl (C=O) groups excluding carboxylic acids is 1. The van der Waals surface area contributed by atoms with E-state index in [2.05, 4.69) is 28.4 Å². The molecule has 2 aliphatic rings. The van der Waals surface area contributed by atoms with Crippen LogP contribution >= 0.6 is 0 Å². The Morgan fingerprint density at radius 3 is 2.47 bits per heavy atom. The van der Waals surface area contributed by atoms with Crippen LogP contribution in [-0.2, 0) is 6.18 Å². The predicted octanol–water partition coefficient (Wildman–Crippen LogP) is 6.41. The second-order valence-electron chi connectivity index (χ2n) is 8.89. The van der Waals surface area contributed by atoms with Gasteiger partial charge in [0.15, 0.2) is 0 Å². The molecule has 0 radical (unpaired) electrons. The smallest absolute Gasteiger partial charge is 0.320 e. The third kappa shape index (κ3) is 5.97. The Labute approximate surface area is 197 Å². The van der Waals surface area contributed by atoms with E-state index in [4.69, 9.17) is 0 Å². The fourth-order valence-electron chi connectivity index (χ4n) is 4.74. The van der Waals surface area contributed by atoms with E-state index in [1.54, 1.807) is 4.90 Å². The maximum atomic E-state index is 13.7. The summed E-state index contributed by atoms with van der Waals surface area (Å²) >= 11 is 0. The van der Waals surface area contributed by atoms with E-state index >= 15 is 0 Å². The third-order valence-corrected chi connectivity index (χ3v) is 6.61. The van der Waals surface area contributed by atoms with Crippen LogP contribution in [0.4, 0.5) is 28.0 Å². The molecular formula is C26H29F4N3O. The highest BCUT2D eigenvalue weighted by Gasteiger charge is 2.34. The van der Waals surface area contributed by atoms with E-state index in [1.165, 1.54) is 11.1 Å². The number of alkyl halides is 3. The van der Waals surface area contributed by atoms with Gasteiger partial charge in [0.2, 0.25) is 0 Å². The monoisotopic (exact) mass is 475 g/mol. The van der Waals surface area contributed by atoms with E-state index < -0.39 is 23.6 Å². The highest BCUT2D eigenvalue weighted by atomic mass is 19.4. The van der Waals surface area contributed by atoms with Gasteiger partial charge in [-0.25, -0.2) is 9.18 Å². The Hall–Kier alpha value is -2.87. The molecule has 0 bridgehead atoms. The Morgan fingerprint density at radius 2 is 1.82 bits per heavy atom. The lowest BCUT2D eigenvalue weighted by Gasteiger charge is -2.35. The number of likely N-dealkylation sites (tertiary alicyclic amines) is 1. The van der Waals surface area contributed by atoms with Crippen molar-refractivity contribution in [2.24, 2.45) is 0 Å². The van der Waals surface area contributed by atoms with Crippen molar-refractivity contribution in [1.29, 1.82) is 0 Å². The highest BCUT2D eigenvalue weighted by molar-refractivity contribution is 5.89. The summed E-state index contributed by atoms with van der Waals surface area (Å²) in [5.41, 5.74) is 0.952. The van der Waals surface area contributed by atoms with Gasteiger partial charge in [0.25, 0.3) is 0 Å². The van der Waals surface area contributed by atoms with Gasteiger partial charge in [-0.3, -0.25) is 0 Å². The normalized spacial score (nSPS) is 19.1. The topological polar surface area (TPSA) is 35.6 Å². The number of nitrogens with one attached hydrogen (secondary N) is 1. The van der Waals surface area contributed by atoms with Crippen LogP contribution in [0, 0.1) is 5.82 Å². The molecule has 34 heavy (non-hydrogen) atoms.